The van der Waals surface area contributed by atoms with Gasteiger partial charge >= 0.3 is 0 Å². The van der Waals surface area contributed by atoms with E-state index in [-0.39, 0.29) is 0 Å². The highest BCUT2D eigenvalue weighted by atomic mass is 79.9. The molecule has 0 spiro atoms. The normalized spacial score (nSPS) is 11.8. The zero-order chi connectivity index (χ0) is 22.5. The summed E-state index contributed by atoms with van der Waals surface area (Å²) in [5.41, 5.74) is 7.45. The number of amidine groups is 1. The molecular weight excluding hydrogens is 532 g/mol. The Morgan fingerprint density at radius 2 is 1.78 bits per heavy atom. The number of nitrogens with one attached hydrogen (secondary N) is 1. The maximum Gasteiger partial charge on any atom is 0.173 e. The largest absolute Gasteiger partial charge is 0.497 e. The van der Waals surface area contributed by atoms with Crippen LogP contribution in [0.15, 0.2) is 91.8 Å². The smallest absolute Gasteiger partial charge is 0.173 e. The van der Waals surface area contributed by atoms with Crippen LogP contribution in [0.5, 0.6) is 5.75 Å². The first-order valence-corrected chi connectivity index (χ1v) is 11.5. The predicted octanol–water partition coefficient (Wildman–Crippen LogP) is 6.78. The van der Waals surface area contributed by atoms with E-state index in [1.807, 2.05) is 79.7 Å². The van der Waals surface area contributed by atoms with Crippen LogP contribution in [0.2, 0.25) is 0 Å². The Kier molecular flexibility index (Phi) is 6.97. The molecule has 0 aliphatic carbocycles. The zero-order valence-electron chi connectivity index (χ0n) is 17.5. The number of hydrogen-bond acceptors (Lipinski definition) is 4. The van der Waals surface area contributed by atoms with Crippen molar-refractivity contribution in [3.63, 3.8) is 0 Å². The lowest BCUT2D eigenvalue weighted by atomic mass is 10.2. The first-order chi connectivity index (χ1) is 15.5. The molecule has 0 radical (unpaired) electrons. The Morgan fingerprint density at radius 1 is 1.00 bits per heavy atom. The highest BCUT2D eigenvalue weighted by Gasteiger charge is 2.10. The molecule has 1 N–H and O–H groups in total. The lowest BCUT2D eigenvalue weighted by molar-refractivity contribution is 0.415. The van der Waals surface area contributed by atoms with Crippen LogP contribution in [-0.2, 0) is 0 Å². The second-order valence-corrected chi connectivity index (χ2v) is 8.82. The van der Waals surface area contributed by atoms with E-state index in [1.54, 1.807) is 13.3 Å². The van der Waals surface area contributed by atoms with Gasteiger partial charge in [-0.1, -0.05) is 40.2 Å². The number of hydrazone groups is 1. The summed E-state index contributed by atoms with van der Waals surface area (Å²) in [5, 5.41) is 5.48. The van der Waals surface area contributed by atoms with Crippen LogP contribution in [0.25, 0.3) is 10.9 Å². The van der Waals surface area contributed by atoms with Crippen LogP contribution in [0, 0.1) is 6.92 Å². The number of hydrogen-bond donors (Lipinski definition) is 1. The molecule has 0 atom stereocenters. The van der Waals surface area contributed by atoms with Gasteiger partial charge in [-0.25, -0.2) is 9.98 Å². The number of aromatic nitrogens is 1. The Balaban J connectivity index is 1.72. The number of halogens is 2. The van der Waals surface area contributed by atoms with Crippen molar-refractivity contribution in [2.24, 2.45) is 10.1 Å². The van der Waals surface area contributed by atoms with Gasteiger partial charge in [0.05, 0.1) is 24.5 Å². The number of rotatable bonds is 5. The second kappa shape index (κ2) is 10.1. The van der Waals surface area contributed by atoms with E-state index in [0.717, 1.165) is 42.4 Å². The van der Waals surface area contributed by atoms with Crippen molar-refractivity contribution < 1.29 is 4.74 Å². The second-order valence-electron chi connectivity index (χ2n) is 7.05. The molecule has 4 aromatic rings. The molecule has 0 bridgehead atoms. The van der Waals surface area contributed by atoms with Crippen LogP contribution in [0.1, 0.15) is 16.8 Å². The lowest BCUT2D eigenvalue weighted by Crippen LogP contribution is -2.20. The summed E-state index contributed by atoms with van der Waals surface area (Å²) in [6, 6.07) is 23.6. The third-order valence-corrected chi connectivity index (χ3v) is 5.85. The summed E-state index contributed by atoms with van der Waals surface area (Å²) in [6.45, 7) is 2.01. The van der Waals surface area contributed by atoms with Gasteiger partial charge in [0.15, 0.2) is 5.84 Å². The van der Waals surface area contributed by atoms with Crippen LogP contribution >= 0.6 is 31.9 Å². The minimum Gasteiger partial charge on any atom is -0.497 e. The number of aryl methyl sites for hydroxylation is 1. The summed E-state index contributed by atoms with van der Waals surface area (Å²) >= 11 is 7.15. The fourth-order valence-corrected chi connectivity index (χ4v) is 4.67. The predicted molar refractivity (Wildman–Crippen MR) is 138 cm³/mol. The molecule has 0 saturated heterocycles. The van der Waals surface area contributed by atoms with Crippen molar-refractivity contribution >= 4 is 60.5 Å². The van der Waals surface area contributed by atoms with Crippen molar-refractivity contribution in [2.45, 2.75) is 6.92 Å². The number of pyridine rings is 1. The van der Waals surface area contributed by atoms with Crippen molar-refractivity contribution in [2.75, 3.05) is 7.11 Å². The third kappa shape index (κ3) is 5.23. The van der Waals surface area contributed by atoms with Gasteiger partial charge in [0.25, 0.3) is 0 Å². The van der Waals surface area contributed by atoms with Crippen molar-refractivity contribution in [3.8, 4) is 5.75 Å². The van der Waals surface area contributed by atoms with Crippen molar-refractivity contribution in [1.29, 1.82) is 0 Å². The Hall–Kier alpha value is -3.03. The number of para-hydroxylation sites is 1. The lowest BCUT2D eigenvalue weighted by Gasteiger charge is -2.10. The molecule has 0 aliphatic heterocycles. The minimum absolute atomic E-state index is 0.548. The van der Waals surface area contributed by atoms with Gasteiger partial charge in [0.1, 0.15) is 11.4 Å². The number of ether oxygens (including phenoxy) is 1. The summed E-state index contributed by atoms with van der Waals surface area (Å²) in [7, 11) is 1.65. The highest BCUT2D eigenvalue weighted by molar-refractivity contribution is 9.11. The maximum absolute atomic E-state index is 5.21. The zero-order valence-corrected chi connectivity index (χ0v) is 20.7. The maximum atomic E-state index is 5.21. The van der Waals surface area contributed by atoms with E-state index in [2.05, 4.69) is 42.4 Å². The fraction of sp³-hybridized carbons (Fsp3) is 0.0800. The van der Waals surface area contributed by atoms with Gasteiger partial charge in [-0.3, -0.25) is 5.43 Å². The molecule has 0 saturated carbocycles. The van der Waals surface area contributed by atoms with E-state index >= 15 is 0 Å². The van der Waals surface area contributed by atoms with Gasteiger partial charge in [-0.2, -0.15) is 5.10 Å². The highest BCUT2D eigenvalue weighted by Crippen LogP contribution is 2.33. The first kappa shape index (κ1) is 22.2. The Bertz CT molecular complexity index is 1290. The molecule has 0 amide bonds. The van der Waals surface area contributed by atoms with Crippen LogP contribution in [0.4, 0.5) is 5.69 Å². The Morgan fingerprint density at radius 3 is 2.53 bits per heavy atom. The quantitative estimate of drug-likeness (QED) is 0.169. The third-order valence-electron chi connectivity index (χ3n) is 4.78. The number of benzene rings is 3. The molecule has 1 heterocycles. The van der Waals surface area contributed by atoms with E-state index in [0.29, 0.717) is 11.5 Å². The van der Waals surface area contributed by atoms with Crippen molar-refractivity contribution in [3.05, 3.63) is 98.6 Å². The SMILES string of the molecule is COc1ccc(/C=N/NC(=Nc2c(C)cc(Br)cc2Br)c2ccc3ccccc3n2)cc1. The molecule has 4 rings (SSSR count). The molecule has 0 unspecified atom stereocenters. The van der Waals surface area contributed by atoms with Gasteiger partial charge in [-0.15, -0.1) is 0 Å². The number of fused-ring (bicyclic) bond motifs is 1. The molecular formula is C25H20Br2N4O. The molecule has 5 nitrogen and oxygen atoms in total. The topological polar surface area (TPSA) is 58.9 Å². The monoisotopic (exact) mass is 550 g/mol. The fourth-order valence-electron chi connectivity index (χ4n) is 3.14. The molecule has 32 heavy (non-hydrogen) atoms. The van der Waals surface area contributed by atoms with Gasteiger partial charge in [-0.05, 0) is 82.5 Å². The molecule has 0 aliphatic rings. The summed E-state index contributed by atoms with van der Waals surface area (Å²) in [5.74, 6) is 1.35. The minimum atomic E-state index is 0.548. The van der Waals surface area contributed by atoms with E-state index in [4.69, 9.17) is 14.7 Å². The van der Waals surface area contributed by atoms with E-state index in [1.165, 1.54) is 0 Å². The standard InChI is InChI=1S/C25H20Br2N4O/c1-16-13-19(26)14-21(27)24(16)30-25(23-12-9-18-5-3-4-6-22(18)29-23)31-28-15-17-7-10-20(32-2)11-8-17/h3-15H,1-2H3,(H,30,31)/b28-15+. The molecule has 160 valence electrons. The van der Waals surface area contributed by atoms with E-state index in [9.17, 15) is 0 Å². The van der Waals surface area contributed by atoms with Crippen LogP contribution < -0.4 is 10.2 Å². The molecule has 7 heteroatoms. The summed E-state index contributed by atoms with van der Waals surface area (Å²) < 4.78 is 7.07. The van der Waals surface area contributed by atoms with Crippen LogP contribution in [-0.4, -0.2) is 24.1 Å². The van der Waals surface area contributed by atoms with Crippen molar-refractivity contribution in [1.82, 2.24) is 10.4 Å². The van der Waals surface area contributed by atoms with Gasteiger partial charge < -0.3 is 4.74 Å². The Labute approximate surface area is 203 Å². The molecule has 3 aromatic carbocycles. The summed E-state index contributed by atoms with van der Waals surface area (Å²) in [6.07, 6.45) is 1.74. The molecule has 1 aromatic heterocycles. The summed E-state index contributed by atoms with van der Waals surface area (Å²) in [4.78, 5) is 9.66. The number of aliphatic imine (C=N–C) groups is 1. The van der Waals surface area contributed by atoms with Gasteiger partial charge in [0, 0.05) is 14.3 Å². The molecule has 0 fully saturated rings. The average molecular weight is 552 g/mol. The average Bonchev–Trinajstić information content (AvgIpc) is 2.80. The van der Waals surface area contributed by atoms with Gasteiger partial charge in [0.2, 0.25) is 0 Å². The number of methoxy groups -OCH3 is 1. The first-order valence-electron chi connectivity index (χ1n) is 9.87. The number of nitrogens with zero attached hydrogens (tertiary/aromatic N) is 3. The van der Waals surface area contributed by atoms with E-state index < -0.39 is 0 Å². The van der Waals surface area contributed by atoms with Crippen LogP contribution in [0.3, 0.4) is 0 Å².